The van der Waals surface area contributed by atoms with E-state index in [1.54, 1.807) is 0 Å². The second kappa shape index (κ2) is 5.68. The standard InChI is InChI=1S/C14H12F3N3OS/c15-14(16,17)8-20-11(21)7-22-13(20)10-6-18-12(19-10)9-4-2-1-3-5-9/h1-6,13H,7-8H2,(H,18,19). The van der Waals surface area contributed by atoms with E-state index in [0.717, 1.165) is 10.5 Å². The number of nitrogens with one attached hydrogen (secondary N) is 1. The van der Waals surface area contributed by atoms with Gasteiger partial charge in [-0.1, -0.05) is 30.3 Å². The van der Waals surface area contributed by atoms with E-state index in [9.17, 15) is 18.0 Å². The fraction of sp³-hybridized carbons (Fsp3) is 0.286. The lowest BCUT2D eigenvalue weighted by Crippen LogP contribution is -2.37. The van der Waals surface area contributed by atoms with Crippen molar-refractivity contribution < 1.29 is 18.0 Å². The molecule has 3 rings (SSSR count). The minimum absolute atomic E-state index is 0.0421. The number of benzene rings is 1. The zero-order chi connectivity index (χ0) is 15.7. The predicted molar refractivity (Wildman–Crippen MR) is 77.0 cm³/mol. The first-order chi connectivity index (χ1) is 10.4. The molecule has 1 saturated heterocycles. The van der Waals surface area contributed by atoms with Gasteiger partial charge in [0.1, 0.15) is 17.7 Å². The average molecular weight is 327 g/mol. The molecule has 1 aromatic heterocycles. The van der Waals surface area contributed by atoms with Crippen molar-refractivity contribution in [1.29, 1.82) is 0 Å². The van der Waals surface area contributed by atoms with Gasteiger partial charge < -0.3 is 9.88 Å². The molecule has 4 nitrogen and oxygen atoms in total. The van der Waals surface area contributed by atoms with Gasteiger partial charge in [0.15, 0.2) is 0 Å². The molecule has 2 heterocycles. The molecule has 0 aliphatic carbocycles. The molecule has 1 aromatic carbocycles. The Morgan fingerprint density at radius 2 is 2.05 bits per heavy atom. The van der Waals surface area contributed by atoms with Crippen LogP contribution in [0.15, 0.2) is 36.5 Å². The van der Waals surface area contributed by atoms with Gasteiger partial charge in [-0.15, -0.1) is 11.8 Å². The summed E-state index contributed by atoms with van der Waals surface area (Å²) in [5.74, 6) is 0.103. The number of thioether (sulfide) groups is 1. The second-order valence-corrected chi connectivity index (χ2v) is 5.92. The van der Waals surface area contributed by atoms with Gasteiger partial charge in [-0.05, 0) is 0 Å². The first kappa shape index (κ1) is 15.0. The zero-order valence-corrected chi connectivity index (χ0v) is 12.1. The molecule has 8 heteroatoms. The number of carbonyl (C=O) groups excluding carboxylic acids is 1. The number of halogens is 3. The number of alkyl halides is 3. The number of hydrogen-bond acceptors (Lipinski definition) is 3. The van der Waals surface area contributed by atoms with Crippen molar-refractivity contribution in [1.82, 2.24) is 14.9 Å². The Labute approximate surface area is 128 Å². The van der Waals surface area contributed by atoms with Crippen molar-refractivity contribution in [2.45, 2.75) is 11.6 Å². The lowest BCUT2D eigenvalue weighted by molar-refractivity contribution is -0.160. The molecular formula is C14H12F3N3OS. The normalized spacial score (nSPS) is 19.0. The van der Waals surface area contributed by atoms with Gasteiger partial charge in [-0.2, -0.15) is 13.2 Å². The van der Waals surface area contributed by atoms with Gasteiger partial charge in [-0.3, -0.25) is 4.79 Å². The molecule has 1 unspecified atom stereocenters. The summed E-state index contributed by atoms with van der Waals surface area (Å²) in [5.41, 5.74) is 1.34. The van der Waals surface area contributed by atoms with Crippen LogP contribution in [0.5, 0.6) is 0 Å². The summed E-state index contributed by atoms with van der Waals surface area (Å²) in [6.07, 6.45) is -2.93. The van der Waals surface area contributed by atoms with E-state index in [1.165, 1.54) is 18.0 Å². The number of hydrogen-bond donors (Lipinski definition) is 1. The maximum atomic E-state index is 12.6. The van der Waals surface area contributed by atoms with Crippen LogP contribution in [0.4, 0.5) is 13.2 Å². The fourth-order valence-electron chi connectivity index (χ4n) is 2.28. The molecule has 0 bridgehead atoms. The van der Waals surface area contributed by atoms with Crippen LogP contribution in [0, 0.1) is 0 Å². The molecule has 0 saturated carbocycles. The monoisotopic (exact) mass is 327 g/mol. The predicted octanol–water partition coefficient (Wildman–Crippen LogP) is 3.21. The summed E-state index contributed by atoms with van der Waals surface area (Å²) in [6.45, 7) is -1.25. The van der Waals surface area contributed by atoms with Crippen molar-refractivity contribution in [3.8, 4) is 11.4 Å². The summed E-state index contributed by atoms with van der Waals surface area (Å²) in [7, 11) is 0. The quantitative estimate of drug-likeness (QED) is 0.942. The highest BCUT2D eigenvalue weighted by atomic mass is 32.2. The summed E-state index contributed by atoms with van der Waals surface area (Å²) < 4.78 is 37.8. The van der Waals surface area contributed by atoms with E-state index in [-0.39, 0.29) is 5.75 Å². The summed E-state index contributed by atoms with van der Waals surface area (Å²) >= 11 is 1.17. The van der Waals surface area contributed by atoms with Gasteiger partial charge in [0.25, 0.3) is 0 Å². The van der Waals surface area contributed by atoms with E-state index < -0.39 is 24.0 Å². The molecular weight excluding hydrogens is 315 g/mol. The first-order valence-corrected chi connectivity index (χ1v) is 7.57. The molecule has 1 aliphatic rings. The number of carbonyl (C=O) groups is 1. The van der Waals surface area contributed by atoms with Crippen LogP contribution in [0.2, 0.25) is 0 Å². The van der Waals surface area contributed by atoms with Crippen molar-refractivity contribution in [3.63, 3.8) is 0 Å². The highest BCUT2D eigenvalue weighted by Crippen LogP contribution is 2.39. The second-order valence-electron chi connectivity index (χ2n) is 4.85. The van der Waals surface area contributed by atoms with Crippen molar-refractivity contribution in [2.24, 2.45) is 0 Å². The van der Waals surface area contributed by atoms with Crippen LogP contribution in [0.1, 0.15) is 11.1 Å². The fourth-order valence-corrected chi connectivity index (χ4v) is 3.42. The van der Waals surface area contributed by atoms with Crippen LogP contribution in [-0.2, 0) is 4.79 Å². The third-order valence-corrected chi connectivity index (χ3v) is 4.46. The average Bonchev–Trinajstić information content (AvgIpc) is 3.07. The third kappa shape index (κ3) is 3.11. The smallest absolute Gasteiger partial charge is 0.339 e. The van der Waals surface area contributed by atoms with E-state index >= 15 is 0 Å². The van der Waals surface area contributed by atoms with Crippen LogP contribution < -0.4 is 0 Å². The Hall–Kier alpha value is -1.96. The van der Waals surface area contributed by atoms with Gasteiger partial charge in [-0.25, -0.2) is 4.98 Å². The SMILES string of the molecule is O=C1CSC(c2cnc(-c3ccccc3)[nH]2)N1CC(F)(F)F. The lowest BCUT2D eigenvalue weighted by atomic mass is 10.2. The molecule has 0 spiro atoms. The molecule has 1 fully saturated rings. The summed E-state index contributed by atoms with van der Waals surface area (Å²) in [4.78, 5) is 19.7. The van der Waals surface area contributed by atoms with Crippen molar-refractivity contribution >= 4 is 17.7 Å². The van der Waals surface area contributed by atoms with E-state index in [2.05, 4.69) is 9.97 Å². The number of aromatic nitrogens is 2. The summed E-state index contributed by atoms with van der Waals surface area (Å²) in [6, 6.07) is 9.26. The minimum Gasteiger partial charge on any atom is -0.339 e. The van der Waals surface area contributed by atoms with Crippen LogP contribution in [0.3, 0.4) is 0 Å². The molecule has 1 amide bonds. The summed E-state index contributed by atoms with van der Waals surface area (Å²) in [5, 5.41) is -0.681. The number of aromatic amines is 1. The minimum atomic E-state index is -4.42. The van der Waals surface area contributed by atoms with Crippen molar-refractivity contribution in [2.75, 3.05) is 12.3 Å². The van der Waals surface area contributed by atoms with E-state index in [4.69, 9.17) is 0 Å². The maximum Gasteiger partial charge on any atom is 0.406 e. The first-order valence-electron chi connectivity index (χ1n) is 6.52. The maximum absolute atomic E-state index is 12.6. The lowest BCUT2D eigenvalue weighted by Gasteiger charge is -2.23. The Balaban J connectivity index is 1.84. The van der Waals surface area contributed by atoms with Crippen LogP contribution >= 0.6 is 11.8 Å². The van der Waals surface area contributed by atoms with Gasteiger partial charge in [0, 0.05) is 5.56 Å². The van der Waals surface area contributed by atoms with E-state index in [1.807, 2.05) is 30.3 Å². The Kier molecular flexibility index (Phi) is 3.86. The zero-order valence-electron chi connectivity index (χ0n) is 11.3. The topological polar surface area (TPSA) is 49.0 Å². The molecule has 22 heavy (non-hydrogen) atoms. The Bertz CT molecular complexity index is 671. The van der Waals surface area contributed by atoms with Crippen LogP contribution in [-0.4, -0.2) is 39.2 Å². The molecule has 1 N–H and O–H groups in total. The molecule has 116 valence electrons. The Morgan fingerprint density at radius 1 is 1.32 bits per heavy atom. The van der Waals surface area contributed by atoms with E-state index in [0.29, 0.717) is 11.5 Å². The van der Waals surface area contributed by atoms with Gasteiger partial charge >= 0.3 is 6.18 Å². The molecule has 0 radical (unpaired) electrons. The number of amides is 1. The number of H-pyrrole nitrogens is 1. The molecule has 1 aliphatic heterocycles. The van der Waals surface area contributed by atoms with Gasteiger partial charge in [0.05, 0.1) is 17.6 Å². The largest absolute Gasteiger partial charge is 0.406 e. The molecule has 1 atom stereocenters. The number of imidazole rings is 1. The molecule has 2 aromatic rings. The van der Waals surface area contributed by atoms with Gasteiger partial charge in [0.2, 0.25) is 5.91 Å². The highest BCUT2D eigenvalue weighted by molar-refractivity contribution is 8.00. The third-order valence-electron chi connectivity index (χ3n) is 3.23. The van der Waals surface area contributed by atoms with Crippen LogP contribution in [0.25, 0.3) is 11.4 Å². The number of nitrogens with zero attached hydrogens (tertiary/aromatic N) is 2. The Morgan fingerprint density at radius 3 is 2.73 bits per heavy atom. The number of rotatable bonds is 3. The highest BCUT2D eigenvalue weighted by Gasteiger charge is 2.41. The van der Waals surface area contributed by atoms with Crippen molar-refractivity contribution in [3.05, 3.63) is 42.2 Å².